The SMILES string of the molecule is CC(C)CCOc1cnc2c(c1)c(C(F)F)cc(=O)n2C1CC(C)(O)C1. The topological polar surface area (TPSA) is 64.3 Å². The van der Waals surface area contributed by atoms with Crippen LogP contribution >= 0.6 is 0 Å². The second-order valence-electron chi connectivity index (χ2n) is 7.74. The van der Waals surface area contributed by atoms with E-state index in [4.69, 9.17) is 4.74 Å². The minimum absolute atomic E-state index is 0.213. The van der Waals surface area contributed by atoms with Gasteiger partial charge in [-0.15, -0.1) is 0 Å². The fourth-order valence-electron chi connectivity index (χ4n) is 3.39. The van der Waals surface area contributed by atoms with Crippen LogP contribution < -0.4 is 10.3 Å². The van der Waals surface area contributed by atoms with Gasteiger partial charge in [0.2, 0.25) is 0 Å². The Morgan fingerprint density at radius 1 is 1.38 bits per heavy atom. The van der Waals surface area contributed by atoms with Gasteiger partial charge in [-0.25, -0.2) is 13.8 Å². The highest BCUT2D eigenvalue weighted by atomic mass is 19.3. The maximum Gasteiger partial charge on any atom is 0.264 e. The van der Waals surface area contributed by atoms with E-state index in [2.05, 4.69) is 18.8 Å². The van der Waals surface area contributed by atoms with Crippen LogP contribution in [0.15, 0.2) is 23.1 Å². The maximum absolute atomic E-state index is 13.5. The summed E-state index contributed by atoms with van der Waals surface area (Å²) in [5, 5.41) is 10.2. The molecule has 0 atom stereocenters. The van der Waals surface area contributed by atoms with E-state index in [1.807, 2.05) is 0 Å². The van der Waals surface area contributed by atoms with Gasteiger partial charge >= 0.3 is 0 Å². The van der Waals surface area contributed by atoms with Crippen LogP contribution in [0.4, 0.5) is 8.78 Å². The Morgan fingerprint density at radius 3 is 2.65 bits per heavy atom. The first-order valence-electron chi connectivity index (χ1n) is 8.86. The standard InChI is InChI=1S/C19H24F2N2O3/c1-11(2)4-5-26-13-6-15-14(17(20)21)7-16(24)23(18(15)22-10-13)12-8-19(3,25)9-12/h6-7,10-12,17,25H,4-5,8-9H2,1-3H3. The Bertz CT molecular complexity index is 854. The van der Waals surface area contributed by atoms with Crippen LogP contribution in [0.3, 0.4) is 0 Å². The first kappa shape index (κ1) is 18.8. The molecule has 0 spiro atoms. The predicted octanol–water partition coefficient (Wildman–Crippen LogP) is 3.84. The highest BCUT2D eigenvalue weighted by Gasteiger charge is 2.40. The van der Waals surface area contributed by atoms with Crippen molar-refractivity contribution >= 4 is 11.0 Å². The van der Waals surface area contributed by atoms with Crippen molar-refractivity contribution in [3.8, 4) is 5.75 Å². The molecule has 142 valence electrons. The lowest BCUT2D eigenvalue weighted by Crippen LogP contribution is -2.45. The van der Waals surface area contributed by atoms with E-state index in [1.54, 1.807) is 6.92 Å². The number of ether oxygens (including phenoxy) is 1. The highest BCUT2D eigenvalue weighted by Crippen LogP contribution is 2.42. The first-order chi connectivity index (χ1) is 12.2. The average molecular weight is 366 g/mol. The molecule has 2 heterocycles. The molecule has 0 aliphatic heterocycles. The number of halogens is 2. The molecule has 0 aromatic carbocycles. The first-order valence-corrected chi connectivity index (χ1v) is 8.86. The number of pyridine rings is 2. The number of hydrogen-bond acceptors (Lipinski definition) is 4. The van der Waals surface area contributed by atoms with Gasteiger partial charge in [-0.2, -0.15) is 0 Å². The number of aliphatic hydroxyl groups is 1. The molecular weight excluding hydrogens is 342 g/mol. The maximum atomic E-state index is 13.5. The van der Waals surface area contributed by atoms with Gasteiger partial charge in [0, 0.05) is 23.1 Å². The molecule has 1 fully saturated rings. The summed E-state index contributed by atoms with van der Waals surface area (Å²) in [7, 11) is 0. The molecule has 3 rings (SSSR count). The predicted molar refractivity (Wildman–Crippen MR) is 94.8 cm³/mol. The third-order valence-corrected chi connectivity index (χ3v) is 4.81. The molecule has 26 heavy (non-hydrogen) atoms. The second-order valence-corrected chi connectivity index (χ2v) is 7.74. The van der Waals surface area contributed by atoms with Crippen LogP contribution in [0.5, 0.6) is 5.75 Å². The van der Waals surface area contributed by atoms with Gasteiger partial charge in [-0.3, -0.25) is 9.36 Å². The average Bonchev–Trinajstić information content (AvgIpc) is 2.51. The summed E-state index contributed by atoms with van der Waals surface area (Å²) in [4.78, 5) is 16.7. The third kappa shape index (κ3) is 3.72. The molecule has 0 radical (unpaired) electrons. The van der Waals surface area contributed by atoms with Crippen molar-refractivity contribution in [1.82, 2.24) is 9.55 Å². The Balaban J connectivity index is 2.02. The van der Waals surface area contributed by atoms with Gasteiger partial charge < -0.3 is 9.84 Å². The summed E-state index contributed by atoms with van der Waals surface area (Å²) in [5.74, 6) is 0.877. The third-order valence-electron chi connectivity index (χ3n) is 4.81. The zero-order valence-electron chi connectivity index (χ0n) is 15.2. The van der Waals surface area contributed by atoms with Crippen LogP contribution in [-0.2, 0) is 0 Å². The Labute approximate surface area is 150 Å². The molecule has 0 amide bonds. The molecule has 5 nitrogen and oxygen atoms in total. The van der Waals surface area contributed by atoms with E-state index < -0.39 is 17.6 Å². The molecule has 1 saturated carbocycles. The minimum Gasteiger partial charge on any atom is -0.492 e. The Kier molecular flexibility index (Phi) is 5.01. The Morgan fingerprint density at radius 2 is 2.08 bits per heavy atom. The molecular formula is C19H24F2N2O3. The van der Waals surface area contributed by atoms with E-state index >= 15 is 0 Å². The Hall–Kier alpha value is -2.02. The van der Waals surface area contributed by atoms with Crippen molar-refractivity contribution in [2.45, 2.75) is 58.1 Å². The van der Waals surface area contributed by atoms with Crippen LogP contribution in [0, 0.1) is 5.92 Å². The summed E-state index contributed by atoms with van der Waals surface area (Å²) in [5.41, 5.74) is -1.48. The molecule has 1 aliphatic rings. The van der Waals surface area contributed by atoms with Crippen molar-refractivity contribution < 1.29 is 18.6 Å². The summed E-state index contributed by atoms with van der Waals surface area (Å²) in [6.07, 6.45) is 0.313. The summed E-state index contributed by atoms with van der Waals surface area (Å²) >= 11 is 0. The largest absolute Gasteiger partial charge is 0.492 e. The zero-order valence-corrected chi connectivity index (χ0v) is 15.2. The van der Waals surface area contributed by atoms with E-state index in [0.29, 0.717) is 31.1 Å². The van der Waals surface area contributed by atoms with Crippen LogP contribution in [0.25, 0.3) is 11.0 Å². The van der Waals surface area contributed by atoms with E-state index in [-0.39, 0.29) is 22.6 Å². The number of nitrogens with zero attached hydrogens (tertiary/aromatic N) is 2. The van der Waals surface area contributed by atoms with Gasteiger partial charge in [-0.1, -0.05) is 13.8 Å². The van der Waals surface area contributed by atoms with Gasteiger partial charge in [0.1, 0.15) is 11.4 Å². The molecule has 0 bridgehead atoms. The van der Waals surface area contributed by atoms with Gasteiger partial charge in [0.05, 0.1) is 18.4 Å². The lowest BCUT2D eigenvalue weighted by molar-refractivity contribution is -0.0507. The fraction of sp³-hybridized carbons (Fsp3) is 0.579. The van der Waals surface area contributed by atoms with Crippen molar-refractivity contribution in [3.63, 3.8) is 0 Å². The number of fused-ring (bicyclic) bond motifs is 1. The van der Waals surface area contributed by atoms with Crippen LogP contribution in [-0.4, -0.2) is 26.9 Å². The number of aromatic nitrogens is 2. The number of hydrogen-bond donors (Lipinski definition) is 1. The van der Waals surface area contributed by atoms with Gasteiger partial charge in [0.25, 0.3) is 12.0 Å². The van der Waals surface area contributed by atoms with Crippen molar-refractivity contribution in [2.75, 3.05) is 6.61 Å². The smallest absolute Gasteiger partial charge is 0.264 e. The lowest BCUT2D eigenvalue weighted by atomic mass is 9.77. The normalized spacial score (nSPS) is 22.8. The lowest BCUT2D eigenvalue weighted by Gasteiger charge is -2.42. The molecule has 2 aromatic heterocycles. The van der Waals surface area contributed by atoms with E-state index in [0.717, 1.165) is 12.5 Å². The molecule has 7 heteroatoms. The number of rotatable bonds is 6. The van der Waals surface area contributed by atoms with Crippen molar-refractivity contribution in [3.05, 3.63) is 34.2 Å². The number of alkyl halides is 2. The molecule has 1 aliphatic carbocycles. The highest BCUT2D eigenvalue weighted by molar-refractivity contribution is 5.80. The van der Waals surface area contributed by atoms with Crippen molar-refractivity contribution in [1.29, 1.82) is 0 Å². The fourth-order valence-corrected chi connectivity index (χ4v) is 3.39. The minimum atomic E-state index is -2.78. The van der Waals surface area contributed by atoms with Crippen molar-refractivity contribution in [2.24, 2.45) is 5.92 Å². The molecule has 1 N–H and O–H groups in total. The molecule has 0 unspecified atom stereocenters. The summed E-state index contributed by atoms with van der Waals surface area (Å²) in [6, 6.07) is 2.25. The van der Waals surface area contributed by atoms with E-state index in [9.17, 15) is 18.7 Å². The van der Waals surface area contributed by atoms with Gasteiger partial charge in [0.15, 0.2) is 0 Å². The zero-order chi connectivity index (χ0) is 19.1. The quantitative estimate of drug-likeness (QED) is 0.844. The molecule has 2 aromatic rings. The summed E-state index contributed by atoms with van der Waals surface area (Å²) < 4.78 is 34.0. The van der Waals surface area contributed by atoms with Gasteiger partial charge in [-0.05, 0) is 38.2 Å². The monoisotopic (exact) mass is 366 g/mol. The summed E-state index contributed by atoms with van der Waals surface area (Å²) in [6.45, 7) is 6.31. The van der Waals surface area contributed by atoms with E-state index in [1.165, 1.54) is 16.8 Å². The van der Waals surface area contributed by atoms with Crippen LogP contribution in [0.2, 0.25) is 0 Å². The van der Waals surface area contributed by atoms with Crippen LogP contribution in [0.1, 0.15) is 58.1 Å². The second kappa shape index (κ2) is 6.95. The molecule has 0 saturated heterocycles.